The van der Waals surface area contributed by atoms with Gasteiger partial charge < -0.3 is 25.8 Å². The molecule has 0 fully saturated rings. The predicted molar refractivity (Wildman–Crippen MR) is 60.8 cm³/mol. The van der Waals surface area contributed by atoms with Crippen molar-refractivity contribution in [1.29, 1.82) is 0 Å². The number of aliphatic hydroxyl groups excluding tert-OH is 2. The normalized spacial score (nSPS) is 12.1. The number of nitrogens with two attached hydrogens (primary N) is 1. The van der Waals surface area contributed by atoms with Gasteiger partial charge in [0.2, 0.25) is 0 Å². The van der Waals surface area contributed by atoms with Crippen LogP contribution in [0, 0.1) is 0 Å². The van der Waals surface area contributed by atoms with E-state index in [2.05, 4.69) is 5.73 Å². The van der Waals surface area contributed by atoms with Gasteiger partial charge in [0, 0.05) is 26.2 Å². The first-order valence-corrected chi connectivity index (χ1v) is 4.26. The maximum absolute atomic E-state index is 9.24. The van der Waals surface area contributed by atoms with Crippen LogP contribution in [0.25, 0.3) is 0 Å². The maximum Gasteiger partial charge on any atom is 0.317 e. The van der Waals surface area contributed by atoms with E-state index < -0.39 is 12.1 Å². The van der Waals surface area contributed by atoms with E-state index in [4.69, 9.17) is 20.1 Å². The van der Waals surface area contributed by atoms with Gasteiger partial charge in [0.25, 0.3) is 0 Å². The van der Waals surface area contributed by atoms with Gasteiger partial charge in [0.1, 0.15) is 0 Å². The molecule has 0 radical (unpaired) electrons. The van der Waals surface area contributed by atoms with E-state index in [1.807, 2.05) is 0 Å². The molecule has 5 N–H and O–H groups in total. The quantitative estimate of drug-likeness (QED) is 0.418. The number of carbonyl (C=O) groups is 1. The summed E-state index contributed by atoms with van der Waals surface area (Å²) >= 11 is 0. The summed E-state index contributed by atoms with van der Waals surface area (Å²) in [6.45, 7) is 3.42. The smallest absolute Gasteiger partial charge is 0.317 e. The van der Waals surface area contributed by atoms with Gasteiger partial charge in [-0.05, 0) is 13.8 Å². The van der Waals surface area contributed by atoms with E-state index in [0.717, 1.165) is 0 Å². The summed E-state index contributed by atoms with van der Waals surface area (Å²) in [6.07, 6.45) is -0.612. The van der Waals surface area contributed by atoms with Crippen molar-refractivity contribution < 1.29 is 51.1 Å². The average Bonchev–Trinajstić information content (AvgIpc) is 2.14. The molecule has 0 bridgehead atoms. The molecule has 0 aromatic heterocycles. The van der Waals surface area contributed by atoms with Crippen LogP contribution in [0.3, 0.4) is 0 Å². The van der Waals surface area contributed by atoms with Crippen LogP contribution in [0.2, 0.25) is 0 Å². The summed E-state index contributed by atoms with van der Waals surface area (Å²) in [4.78, 5) is 9.24. The van der Waals surface area contributed by atoms with Crippen LogP contribution in [0.5, 0.6) is 0 Å². The molecule has 0 saturated heterocycles. The van der Waals surface area contributed by atoms with Crippen molar-refractivity contribution in [3.8, 4) is 0 Å². The molecule has 2 atom stereocenters. The van der Waals surface area contributed by atoms with E-state index in [1.165, 1.54) is 0 Å². The van der Waals surface area contributed by atoms with E-state index in [9.17, 15) is 4.79 Å². The zero-order valence-electron chi connectivity index (χ0n) is 9.01. The number of aliphatic carboxylic acids is 1. The van der Waals surface area contributed by atoms with Crippen LogP contribution < -0.4 is 5.73 Å². The van der Waals surface area contributed by atoms with Crippen molar-refractivity contribution in [2.24, 2.45) is 5.73 Å². The second-order valence-electron chi connectivity index (χ2n) is 2.77. The first-order chi connectivity index (χ1) is 6.43. The van der Waals surface area contributed by atoms with Gasteiger partial charge in [-0.3, -0.25) is 4.79 Å². The number of hydrogen-bond donors (Lipinski definition) is 4. The third-order valence-electron chi connectivity index (χ3n) is 1.05. The number of carboxylic acids is 1. The summed E-state index contributed by atoms with van der Waals surface area (Å²) in [5.74, 6) is -0.968. The van der Waals surface area contributed by atoms with Crippen LogP contribution in [-0.2, 0) is 35.7 Å². The molecule has 8 heteroatoms. The van der Waals surface area contributed by atoms with Crippen molar-refractivity contribution in [2.45, 2.75) is 26.1 Å². The van der Waals surface area contributed by atoms with E-state index >= 15 is 0 Å². The number of rotatable bonds is 5. The molecule has 0 saturated carbocycles. The standard InChI is InChI=1S/C6H14O3.C2H5NO2.Al.Zr.3H/c1-5(8)4-9-6(2)3-7;3-1-2(4)5;;;;;/h5-8H,3-4H2,1-2H3;1,3H2,(H,4,5);;;;;. The van der Waals surface area contributed by atoms with Crippen LogP contribution in [-0.4, -0.2) is 70.6 Å². The molecule has 0 aliphatic heterocycles. The first kappa shape index (κ1) is 25.5. The Morgan fingerprint density at radius 1 is 1.44 bits per heavy atom. The fraction of sp³-hybridized carbons (Fsp3) is 0.875. The summed E-state index contributed by atoms with van der Waals surface area (Å²) in [6, 6.07) is 0. The molecule has 96 valence electrons. The van der Waals surface area contributed by atoms with Crippen molar-refractivity contribution >= 4 is 23.3 Å². The Bertz CT molecular complexity index is 150. The average molecular weight is 330 g/mol. The predicted octanol–water partition coefficient (Wildman–Crippen LogP) is -2.39. The van der Waals surface area contributed by atoms with Crippen LogP contribution in [0.15, 0.2) is 0 Å². The number of ether oxygens (including phenoxy) is 1. The van der Waals surface area contributed by atoms with E-state index in [1.54, 1.807) is 13.8 Å². The molecule has 0 aliphatic rings. The van der Waals surface area contributed by atoms with Gasteiger partial charge in [-0.15, -0.1) is 0 Å². The van der Waals surface area contributed by atoms with Crippen molar-refractivity contribution in [3.63, 3.8) is 0 Å². The Morgan fingerprint density at radius 2 is 1.81 bits per heavy atom. The molecule has 16 heavy (non-hydrogen) atoms. The van der Waals surface area contributed by atoms with Crippen molar-refractivity contribution in [1.82, 2.24) is 0 Å². The second kappa shape index (κ2) is 18.1. The Labute approximate surface area is 125 Å². The minimum atomic E-state index is -0.968. The molecule has 0 aromatic rings. The molecule has 0 heterocycles. The van der Waals surface area contributed by atoms with Gasteiger partial charge in [0.05, 0.1) is 32.0 Å². The van der Waals surface area contributed by atoms with Gasteiger partial charge >= 0.3 is 5.97 Å². The fourth-order valence-electron chi connectivity index (χ4n) is 0.356. The van der Waals surface area contributed by atoms with Crippen molar-refractivity contribution in [2.75, 3.05) is 19.8 Å². The molecule has 6 nitrogen and oxygen atoms in total. The summed E-state index contributed by atoms with van der Waals surface area (Å²) in [5, 5.41) is 24.7. The van der Waals surface area contributed by atoms with E-state index in [0.29, 0.717) is 6.61 Å². The monoisotopic (exact) mass is 329 g/mol. The zero-order valence-corrected chi connectivity index (χ0v) is 11.5. The maximum atomic E-state index is 9.24. The Balaban J connectivity index is -0.0000000904. The van der Waals surface area contributed by atoms with Gasteiger partial charge in [-0.25, -0.2) is 0 Å². The topological polar surface area (TPSA) is 113 Å². The summed E-state index contributed by atoms with van der Waals surface area (Å²) in [5.41, 5.74) is 4.57. The Hall–Kier alpha value is 0.726. The number of carboxylic acid groups (broad SMARTS) is 1. The van der Waals surface area contributed by atoms with Crippen LogP contribution in [0.1, 0.15) is 13.8 Å². The first-order valence-electron chi connectivity index (χ1n) is 4.26. The number of aliphatic hydroxyl groups is 2. The fourth-order valence-corrected chi connectivity index (χ4v) is 0.356. The third-order valence-corrected chi connectivity index (χ3v) is 1.05. The zero-order chi connectivity index (χ0) is 11.6. The molecule has 0 aromatic carbocycles. The van der Waals surface area contributed by atoms with Gasteiger partial charge in [0.15, 0.2) is 17.4 Å². The molecule has 0 aliphatic carbocycles. The van der Waals surface area contributed by atoms with Gasteiger partial charge in [-0.2, -0.15) is 0 Å². The Kier molecular flexibility index (Phi) is 28.9. The number of hydrogen-bond acceptors (Lipinski definition) is 5. The summed E-state index contributed by atoms with van der Waals surface area (Å²) in [7, 11) is 0. The molecule has 0 rings (SSSR count). The molecular formula is C8H22AlNO5Zr. The van der Waals surface area contributed by atoms with Gasteiger partial charge in [-0.1, -0.05) is 0 Å². The van der Waals surface area contributed by atoms with Crippen molar-refractivity contribution in [3.05, 3.63) is 0 Å². The van der Waals surface area contributed by atoms with E-state index in [-0.39, 0.29) is 62.8 Å². The third kappa shape index (κ3) is 29.3. The SMILES string of the molecule is CC(O)COC(C)CO.NCC(=O)O.[AlH3].[Zr]. The van der Waals surface area contributed by atoms with Crippen LogP contribution >= 0.6 is 0 Å². The molecule has 2 unspecified atom stereocenters. The molecular weight excluding hydrogens is 308 g/mol. The Morgan fingerprint density at radius 3 is 2.00 bits per heavy atom. The summed E-state index contributed by atoms with van der Waals surface area (Å²) < 4.78 is 4.95. The second-order valence-corrected chi connectivity index (χ2v) is 2.77. The minimum absolute atomic E-state index is 0. The largest absolute Gasteiger partial charge is 0.480 e. The van der Waals surface area contributed by atoms with Crippen LogP contribution in [0.4, 0.5) is 0 Å². The minimum Gasteiger partial charge on any atom is -0.480 e. The molecule has 0 amide bonds. The molecule has 0 spiro atoms.